The maximum absolute atomic E-state index is 11.3. The molecule has 5 aromatic rings. The molecule has 0 amide bonds. The molecule has 12 heteroatoms. The van der Waals surface area contributed by atoms with E-state index in [1.165, 1.54) is 6.33 Å². The van der Waals surface area contributed by atoms with Gasteiger partial charge in [0.1, 0.15) is 42.6 Å². The van der Waals surface area contributed by atoms with Crippen molar-refractivity contribution in [1.29, 1.82) is 0 Å². The molecule has 2 saturated heterocycles. The zero-order valence-electron chi connectivity index (χ0n) is 24.1. The highest BCUT2D eigenvalue weighted by molar-refractivity contribution is 7.32. The van der Waals surface area contributed by atoms with Gasteiger partial charge in [-0.2, -0.15) is 5.10 Å². The van der Waals surface area contributed by atoms with E-state index in [9.17, 15) is 9.46 Å². The van der Waals surface area contributed by atoms with Gasteiger partial charge >= 0.3 is 8.25 Å². The van der Waals surface area contributed by atoms with Gasteiger partial charge in [0, 0.05) is 4.57 Å². The Morgan fingerprint density at radius 2 is 1.48 bits per heavy atom. The summed E-state index contributed by atoms with van der Waals surface area (Å²) in [5.41, 5.74) is 2.81. The number of aromatic nitrogens is 4. The molecular weight excluding hydrogens is 581 g/mol. The molecule has 2 fully saturated rings. The number of nitrogens with zero attached hydrogens (tertiary/aromatic N) is 4. The Balaban J connectivity index is 1.33. The zero-order valence-corrected chi connectivity index (χ0v) is 25.0. The van der Waals surface area contributed by atoms with Crippen LogP contribution in [0.15, 0.2) is 104 Å². The second-order valence-electron chi connectivity index (χ2n) is 11.2. The number of rotatable bonds is 9. The van der Waals surface area contributed by atoms with E-state index >= 15 is 0 Å². The quantitative estimate of drug-likeness (QED) is 0.167. The zero-order chi connectivity index (χ0) is 30.3. The molecule has 0 aliphatic carbocycles. The van der Waals surface area contributed by atoms with Crippen LogP contribution in [0.5, 0.6) is 0 Å². The molecule has 3 aromatic carbocycles. The molecule has 2 N–H and O–H groups in total. The molecule has 224 valence electrons. The normalized spacial score (nSPS) is 23.0. The van der Waals surface area contributed by atoms with Crippen LogP contribution in [-0.2, 0) is 28.8 Å². The van der Waals surface area contributed by atoms with Gasteiger partial charge in [-0.15, -0.1) is 9.42 Å². The monoisotopic (exact) mass is 612 g/mol. The van der Waals surface area contributed by atoms with E-state index in [1.807, 2.05) is 68.4 Å². The summed E-state index contributed by atoms with van der Waals surface area (Å²) in [7, 11) is -2.80. The fourth-order valence-electron chi connectivity index (χ4n) is 6.23. The van der Waals surface area contributed by atoms with Gasteiger partial charge in [-0.1, -0.05) is 91.0 Å². The highest BCUT2D eigenvalue weighted by atomic mass is 31.1. The fourth-order valence-corrected chi connectivity index (χ4v) is 6.51. The Morgan fingerprint density at radius 1 is 0.909 bits per heavy atom. The third-order valence-corrected chi connectivity index (χ3v) is 8.40. The molecule has 0 radical (unpaired) electrons. The minimum atomic E-state index is -2.80. The average molecular weight is 613 g/mol. The van der Waals surface area contributed by atoms with Crippen molar-refractivity contribution in [1.82, 2.24) is 19.7 Å². The maximum Gasteiger partial charge on any atom is 0.694 e. The topological polar surface area (TPSA) is 130 Å². The number of nitrogens with one attached hydrogen (secondary N) is 1. The van der Waals surface area contributed by atoms with E-state index in [0.717, 1.165) is 16.7 Å². The van der Waals surface area contributed by atoms with Crippen molar-refractivity contribution in [3.8, 4) is 0 Å². The van der Waals surface area contributed by atoms with Crippen molar-refractivity contribution in [2.75, 3.05) is 11.9 Å². The van der Waals surface area contributed by atoms with Crippen molar-refractivity contribution >= 4 is 25.1 Å². The lowest BCUT2D eigenvalue weighted by molar-refractivity contribution is -0.200. The standard InChI is InChI=1S/C32H30N5O6P/c1-31(2)42-26-25(19-40-44(38)39)41-30(27(26)43-31)37-29-24(18-35-37)28(33-20-34-29)36-32(21-12-6-3-7-13-21,22-14-8-4-9-15-22)23-16-10-5-11-17-23/h3-18,20,25-27,30H,19H2,1-2H3,(H-,33,34,36,38,39)/p+1/t25-,26-,27-,30-/m1/s1. The lowest BCUT2D eigenvalue weighted by atomic mass is 9.77. The van der Waals surface area contributed by atoms with Crippen molar-refractivity contribution in [3.05, 3.63) is 120 Å². The van der Waals surface area contributed by atoms with Crippen molar-refractivity contribution in [2.24, 2.45) is 0 Å². The summed E-state index contributed by atoms with van der Waals surface area (Å²) < 4.78 is 36.5. The van der Waals surface area contributed by atoms with Crippen LogP contribution in [-0.4, -0.2) is 55.3 Å². The lowest BCUT2D eigenvalue weighted by Crippen LogP contribution is -2.38. The summed E-state index contributed by atoms with van der Waals surface area (Å²) in [4.78, 5) is 18.5. The van der Waals surface area contributed by atoms with Crippen LogP contribution in [0.1, 0.15) is 36.8 Å². The third-order valence-electron chi connectivity index (χ3n) is 8.03. The lowest BCUT2D eigenvalue weighted by Gasteiger charge is -2.37. The first-order valence-electron chi connectivity index (χ1n) is 14.3. The van der Waals surface area contributed by atoms with Gasteiger partial charge in [-0.3, -0.25) is 0 Å². The Morgan fingerprint density at radius 3 is 2.05 bits per heavy atom. The summed E-state index contributed by atoms with van der Waals surface area (Å²) >= 11 is 0. The molecule has 0 bridgehead atoms. The molecule has 44 heavy (non-hydrogen) atoms. The minimum absolute atomic E-state index is 0.141. The number of hydrogen-bond donors (Lipinski definition) is 2. The molecule has 1 unspecified atom stereocenters. The van der Waals surface area contributed by atoms with Crippen LogP contribution in [0, 0.1) is 0 Å². The predicted molar refractivity (Wildman–Crippen MR) is 162 cm³/mol. The molecule has 0 spiro atoms. The van der Waals surface area contributed by atoms with Crippen LogP contribution in [0.3, 0.4) is 0 Å². The molecule has 5 atom stereocenters. The van der Waals surface area contributed by atoms with Crippen molar-refractivity contribution in [2.45, 2.75) is 49.7 Å². The number of anilines is 1. The minimum Gasteiger partial charge on any atom is -0.352 e. The van der Waals surface area contributed by atoms with E-state index in [-0.39, 0.29) is 6.61 Å². The maximum atomic E-state index is 11.3. The molecule has 2 aliphatic heterocycles. The van der Waals surface area contributed by atoms with E-state index < -0.39 is 44.1 Å². The number of benzene rings is 3. The number of fused-ring (bicyclic) bond motifs is 2. The molecule has 4 heterocycles. The van der Waals surface area contributed by atoms with Gasteiger partial charge in [0.15, 0.2) is 17.7 Å². The van der Waals surface area contributed by atoms with Gasteiger partial charge in [-0.05, 0) is 30.5 Å². The highest BCUT2D eigenvalue weighted by Gasteiger charge is 2.57. The van der Waals surface area contributed by atoms with Gasteiger partial charge in [0.25, 0.3) is 0 Å². The highest BCUT2D eigenvalue weighted by Crippen LogP contribution is 2.45. The second-order valence-corrected chi connectivity index (χ2v) is 11.9. The first kappa shape index (κ1) is 28.7. The smallest absolute Gasteiger partial charge is 0.352 e. The van der Waals surface area contributed by atoms with Gasteiger partial charge in [-0.25, -0.2) is 14.6 Å². The average Bonchev–Trinajstić information content (AvgIpc) is 3.71. The van der Waals surface area contributed by atoms with Crippen LogP contribution in [0.2, 0.25) is 0 Å². The molecular formula is C32H31N5O6P+. The van der Waals surface area contributed by atoms with Crippen LogP contribution in [0.25, 0.3) is 11.0 Å². The predicted octanol–water partition coefficient (Wildman–Crippen LogP) is 5.31. The largest absolute Gasteiger partial charge is 0.694 e. The Hall–Kier alpha value is -4.09. The summed E-state index contributed by atoms with van der Waals surface area (Å²) in [5, 5.41) is 9.17. The first-order valence-corrected chi connectivity index (χ1v) is 15.4. The number of ether oxygens (including phenoxy) is 3. The summed E-state index contributed by atoms with van der Waals surface area (Å²) in [6.07, 6.45) is 0.727. The molecule has 11 nitrogen and oxygen atoms in total. The molecule has 2 aliphatic rings. The Bertz CT molecular complexity index is 1680. The van der Waals surface area contributed by atoms with E-state index in [1.54, 1.807) is 10.9 Å². The Kier molecular flexibility index (Phi) is 7.45. The first-order chi connectivity index (χ1) is 21.4. The van der Waals surface area contributed by atoms with Crippen LogP contribution >= 0.6 is 8.25 Å². The van der Waals surface area contributed by atoms with E-state index in [0.29, 0.717) is 16.9 Å². The van der Waals surface area contributed by atoms with Gasteiger partial charge in [0.05, 0.1) is 11.6 Å². The fraction of sp³-hybridized carbons (Fsp3) is 0.281. The van der Waals surface area contributed by atoms with Crippen molar-refractivity contribution < 1.29 is 28.2 Å². The van der Waals surface area contributed by atoms with E-state index in [4.69, 9.17) is 23.7 Å². The van der Waals surface area contributed by atoms with Crippen molar-refractivity contribution in [3.63, 3.8) is 0 Å². The number of hydrogen-bond acceptors (Lipinski definition) is 9. The molecule has 7 rings (SSSR count). The van der Waals surface area contributed by atoms with Crippen LogP contribution < -0.4 is 5.32 Å². The third kappa shape index (κ3) is 5.07. The second kappa shape index (κ2) is 11.4. The summed E-state index contributed by atoms with van der Waals surface area (Å²) in [5.74, 6) is -0.309. The molecule has 0 saturated carbocycles. The summed E-state index contributed by atoms with van der Waals surface area (Å²) in [6.45, 7) is 3.49. The molecule has 2 aromatic heterocycles. The SMILES string of the molecule is CC1(C)O[C@@H]2[C@H](O1)[C@@H](CO[P+](=O)O)O[C@H]2n1ncc2c(NC(c3ccccc3)(c3ccccc3)c3ccccc3)ncnc21. The Labute approximate surface area is 254 Å². The van der Waals surface area contributed by atoms with Gasteiger partial charge < -0.3 is 19.5 Å². The van der Waals surface area contributed by atoms with Crippen LogP contribution in [0.4, 0.5) is 5.82 Å². The summed E-state index contributed by atoms with van der Waals surface area (Å²) in [6, 6.07) is 30.7. The van der Waals surface area contributed by atoms with Gasteiger partial charge in [0.2, 0.25) is 0 Å². The van der Waals surface area contributed by atoms with E-state index in [2.05, 4.69) is 51.8 Å².